The second-order valence-corrected chi connectivity index (χ2v) is 5.97. The lowest BCUT2D eigenvalue weighted by molar-refractivity contribution is -0.124. The number of carbonyl (C=O) groups is 2. The number of nitrogens with zero attached hydrogens (tertiary/aromatic N) is 2. The third kappa shape index (κ3) is 3.77. The molecule has 0 bridgehead atoms. The summed E-state index contributed by atoms with van der Waals surface area (Å²) in [6.45, 7) is -0.101. The highest BCUT2D eigenvalue weighted by Crippen LogP contribution is 2.29. The summed E-state index contributed by atoms with van der Waals surface area (Å²) in [5.74, 6) is -0.900. The van der Waals surface area contributed by atoms with Gasteiger partial charge in [0.1, 0.15) is 0 Å². The summed E-state index contributed by atoms with van der Waals surface area (Å²) in [5.41, 5.74) is 3.20. The summed E-state index contributed by atoms with van der Waals surface area (Å²) in [5, 5.41) is 11.8. The molecule has 0 unspecified atom stereocenters. The molecule has 2 aromatic rings. The Morgan fingerprint density at radius 3 is 2.88 bits per heavy atom. The number of hydrogen-bond acceptors (Lipinski definition) is 5. The molecule has 25 heavy (non-hydrogen) atoms. The first-order valence-corrected chi connectivity index (χ1v) is 8.42. The number of amides is 1. The number of ether oxygens (including phenoxy) is 1. The van der Waals surface area contributed by atoms with Crippen LogP contribution in [0.2, 0.25) is 0 Å². The summed E-state index contributed by atoms with van der Waals surface area (Å²) in [4.78, 5) is 29.1. The Morgan fingerprint density at radius 2 is 2.04 bits per heavy atom. The van der Waals surface area contributed by atoms with Crippen LogP contribution in [0.3, 0.4) is 0 Å². The molecule has 3 rings (SSSR count). The van der Waals surface area contributed by atoms with Crippen molar-refractivity contribution in [1.82, 2.24) is 10.3 Å². The Labute approximate surface area is 145 Å². The second-order valence-electron chi connectivity index (χ2n) is 5.97. The van der Waals surface area contributed by atoms with Crippen LogP contribution < -0.4 is 5.32 Å². The molecule has 0 saturated heterocycles. The normalized spacial score (nSPS) is 12.9. The van der Waals surface area contributed by atoms with E-state index in [9.17, 15) is 9.59 Å². The van der Waals surface area contributed by atoms with Crippen molar-refractivity contribution in [3.63, 3.8) is 0 Å². The molecule has 0 aliphatic heterocycles. The van der Waals surface area contributed by atoms with E-state index in [4.69, 9.17) is 10.00 Å². The van der Waals surface area contributed by atoms with Gasteiger partial charge in [-0.05, 0) is 37.3 Å². The lowest BCUT2D eigenvalue weighted by atomic mass is 9.90. The molecule has 6 heteroatoms. The Balaban J connectivity index is 1.83. The molecule has 6 nitrogen and oxygen atoms in total. The largest absolute Gasteiger partial charge is 0.452 e. The number of hydrogen-bond donors (Lipinski definition) is 1. The number of pyridine rings is 1. The maximum Gasteiger partial charge on any atom is 0.339 e. The van der Waals surface area contributed by atoms with E-state index in [0.717, 1.165) is 47.8 Å². The van der Waals surface area contributed by atoms with Gasteiger partial charge in [0, 0.05) is 17.6 Å². The zero-order valence-corrected chi connectivity index (χ0v) is 13.9. The average Bonchev–Trinajstić information content (AvgIpc) is 2.64. The van der Waals surface area contributed by atoms with Gasteiger partial charge in [-0.2, -0.15) is 5.26 Å². The molecule has 1 aliphatic rings. The van der Waals surface area contributed by atoms with Gasteiger partial charge in [0.15, 0.2) is 6.61 Å². The number of nitrogens with one attached hydrogen (secondary N) is 1. The van der Waals surface area contributed by atoms with Gasteiger partial charge in [0.25, 0.3) is 5.91 Å². The maximum atomic E-state index is 12.7. The molecule has 1 aromatic heterocycles. The minimum Gasteiger partial charge on any atom is -0.452 e. The zero-order chi connectivity index (χ0) is 17.6. The van der Waals surface area contributed by atoms with E-state index in [0.29, 0.717) is 5.56 Å². The Hall–Kier alpha value is -2.94. The molecule has 0 spiro atoms. The summed E-state index contributed by atoms with van der Waals surface area (Å²) in [7, 11) is 0. The molecular weight excluding hydrogens is 318 g/mol. The molecule has 1 amide bonds. The fourth-order valence-electron chi connectivity index (χ4n) is 3.12. The maximum absolute atomic E-state index is 12.7. The number of para-hydroxylation sites is 1. The van der Waals surface area contributed by atoms with Crippen LogP contribution in [-0.4, -0.2) is 30.0 Å². The number of aryl methyl sites for hydroxylation is 1. The third-order valence-electron chi connectivity index (χ3n) is 4.27. The molecule has 1 aliphatic carbocycles. The lowest BCUT2D eigenvalue weighted by Gasteiger charge is -2.19. The average molecular weight is 337 g/mol. The third-order valence-corrected chi connectivity index (χ3v) is 4.27. The van der Waals surface area contributed by atoms with Crippen molar-refractivity contribution < 1.29 is 14.3 Å². The highest BCUT2D eigenvalue weighted by atomic mass is 16.5. The number of carbonyl (C=O) groups excluding carboxylic acids is 2. The Kier molecular flexibility index (Phi) is 5.24. The zero-order valence-electron chi connectivity index (χ0n) is 13.9. The Bertz CT molecular complexity index is 855. The van der Waals surface area contributed by atoms with Crippen LogP contribution in [0.15, 0.2) is 24.3 Å². The highest BCUT2D eigenvalue weighted by Gasteiger charge is 2.23. The van der Waals surface area contributed by atoms with Crippen molar-refractivity contribution >= 4 is 22.8 Å². The number of fused-ring (bicyclic) bond motifs is 2. The van der Waals surface area contributed by atoms with Gasteiger partial charge in [-0.3, -0.25) is 9.78 Å². The molecule has 0 saturated carbocycles. The van der Waals surface area contributed by atoms with Gasteiger partial charge in [-0.25, -0.2) is 4.79 Å². The van der Waals surface area contributed by atoms with Crippen molar-refractivity contribution in [3.8, 4) is 6.07 Å². The number of aromatic nitrogens is 1. The van der Waals surface area contributed by atoms with Crippen LogP contribution in [0.25, 0.3) is 10.9 Å². The van der Waals surface area contributed by atoms with Crippen LogP contribution in [0.5, 0.6) is 0 Å². The van der Waals surface area contributed by atoms with Crippen molar-refractivity contribution in [3.05, 3.63) is 41.1 Å². The molecule has 0 atom stereocenters. The fraction of sp³-hybridized carbons (Fsp3) is 0.368. The molecule has 1 aromatic carbocycles. The molecular formula is C19H19N3O3. The van der Waals surface area contributed by atoms with E-state index in [2.05, 4.69) is 10.3 Å². The van der Waals surface area contributed by atoms with Crippen molar-refractivity contribution in [2.24, 2.45) is 0 Å². The second kappa shape index (κ2) is 7.75. The SMILES string of the molecule is N#CCCNC(=O)COC(=O)c1c2c(nc3ccccc13)CCCC2. The van der Waals surface area contributed by atoms with Crippen LogP contribution >= 0.6 is 0 Å². The minimum atomic E-state index is -0.493. The van der Waals surface area contributed by atoms with Gasteiger partial charge < -0.3 is 10.1 Å². The summed E-state index contributed by atoms with van der Waals surface area (Å²) in [6, 6.07) is 9.44. The predicted octanol–water partition coefficient (Wildman–Crippen LogP) is 2.30. The van der Waals surface area contributed by atoms with E-state index in [-0.39, 0.29) is 19.6 Å². The predicted molar refractivity (Wildman–Crippen MR) is 91.9 cm³/mol. The lowest BCUT2D eigenvalue weighted by Crippen LogP contribution is -2.29. The van der Waals surface area contributed by atoms with Gasteiger partial charge >= 0.3 is 5.97 Å². The minimum absolute atomic E-state index is 0.224. The highest BCUT2D eigenvalue weighted by molar-refractivity contribution is 6.05. The van der Waals surface area contributed by atoms with Crippen LogP contribution in [-0.2, 0) is 22.4 Å². The topological polar surface area (TPSA) is 92.1 Å². The van der Waals surface area contributed by atoms with E-state index in [1.54, 1.807) is 0 Å². The van der Waals surface area contributed by atoms with Gasteiger partial charge in [-0.1, -0.05) is 18.2 Å². The van der Waals surface area contributed by atoms with Crippen LogP contribution in [0.1, 0.15) is 40.9 Å². The van der Waals surface area contributed by atoms with E-state index < -0.39 is 11.9 Å². The number of benzene rings is 1. The van der Waals surface area contributed by atoms with Crippen LogP contribution in [0, 0.1) is 11.3 Å². The number of esters is 1. The summed E-state index contributed by atoms with van der Waals surface area (Å²) >= 11 is 0. The van der Waals surface area contributed by atoms with Gasteiger partial charge in [0.2, 0.25) is 0 Å². The Morgan fingerprint density at radius 1 is 1.24 bits per heavy atom. The molecule has 0 radical (unpaired) electrons. The summed E-state index contributed by atoms with van der Waals surface area (Å²) < 4.78 is 5.23. The van der Waals surface area contributed by atoms with Crippen molar-refractivity contribution in [2.75, 3.05) is 13.2 Å². The van der Waals surface area contributed by atoms with E-state index in [1.807, 2.05) is 30.3 Å². The van der Waals surface area contributed by atoms with Gasteiger partial charge in [0.05, 0.1) is 23.6 Å². The number of nitriles is 1. The van der Waals surface area contributed by atoms with E-state index in [1.165, 1.54) is 0 Å². The fourth-order valence-corrected chi connectivity index (χ4v) is 3.12. The first-order valence-electron chi connectivity index (χ1n) is 8.42. The quantitative estimate of drug-likeness (QED) is 0.667. The standard InChI is InChI=1S/C19H19N3O3/c20-10-5-11-21-17(23)12-25-19(24)18-13-6-1-3-8-15(13)22-16-9-4-2-7-14(16)18/h1,3,6,8H,2,4-5,7,9,11-12H2,(H,21,23). The van der Waals surface area contributed by atoms with Crippen LogP contribution in [0.4, 0.5) is 0 Å². The number of rotatable bonds is 5. The first-order chi connectivity index (χ1) is 12.2. The molecule has 0 fully saturated rings. The molecule has 1 N–H and O–H groups in total. The monoisotopic (exact) mass is 337 g/mol. The van der Waals surface area contributed by atoms with Gasteiger partial charge in [-0.15, -0.1) is 0 Å². The molecule has 128 valence electrons. The molecule has 1 heterocycles. The smallest absolute Gasteiger partial charge is 0.339 e. The first kappa shape index (κ1) is 16.9. The van der Waals surface area contributed by atoms with Crippen molar-refractivity contribution in [2.45, 2.75) is 32.1 Å². The van der Waals surface area contributed by atoms with Crippen molar-refractivity contribution in [1.29, 1.82) is 5.26 Å². The summed E-state index contributed by atoms with van der Waals surface area (Å²) in [6.07, 6.45) is 3.96. The van der Waals surface area contributed by atoms with E-state index >= 15 is 0 Å².